The van der Waals surface area contributed by atoms with Gasteiger partial charge in [-0.15, -0.1) is 0 Å². The lowest BCUT2D eigenvalue weighted by Gasteiger charge is -2.08. The summed E-state index contributed by atoms with van der Waals surface area (Å²) in [4.78, 5) is 10.2. The Labute approximate surface area is 111 Å². The van der Waals surface area contributed by atoms with E-state index in [1.165, 1.54) is 6.07 Å². The number of rotatable bonds is 3. The van der Waals surface area contributed by atoms with Crippen molar-refractivity contribution in [3.63, 3.8) is 0 Å². The Hall–Kier alpha value is -2.41. The summed E-state index contributed by atoms with van der Waals surface area (Å²) in [5.41, 5.74) is -0.0548. The van der Waals surface area contributed by atoms with Crippen LogP contribution < -0.4 is 10.0 Å². The van der Waals surface area contributed by atoms with Crippen LogP contribution in [0.3, 0.4) is 0 Å². The highest BCUT2D eigenvalue weighted by atomic mass is 35.5. The molecule has 0 aliphatic heterocycles. The predicted molar refractivity (Wildman–Crippen MR) is 66.7 cm³/mol. The Morgan fingerprint density at radius 2 is 2.05 bits per heavy atom. The van der Waals surface area contributed by atoms with Gasteiger partial charge in [-0.1, -0.05) is 11.6 Å². The molecule has 1 heterocycles. The van der Waals surface area contributed by atoms with E-state index >= 15 is 0 Å². The van der Waals surface area contributed by atoms with Gasteiger partial charge in [0.15, 0.2) is 11.9 Å². The maximum absolute atomic E-state index is 12.9. The van der Waals surface area contributed by atoms with Gasteiger partial charge in [0, 0.05) is 0 Å². The second-order valence-electron chi connectivity index (χ2n) is 3.61. The maximum Gasteiger partial charge on any atom is 0.304 e. The number of hydrogen-bond acceptors (Lipinski definition) is 4. The van der Waals surface area contributed by atoms with Crippen molar-refractivity contribution in [1.82, 2.24) is 0 Å². The molecule has 0 radical (unpaired) electrons. The topological polar surface area (TPSA) is 82.1 Å². The smallest absolute Gasteiger partial charge is 0.304 e. The first kappa shape index (κ1) is 13.0. The molecule has 0 aliphatic rings. The number of nitro groups is 1. The fourth-order valence-electron chi connectivity index (χ4n) is 1.46. The summed E-state index contributed by atoms with van der Waals surface area (Å²) >= 11 is 5.79. The van der Waals surface area contributed by atoms with Crippen LogP contribution in [-0.4, -0.2) is 4.92 Å². The summed E-state index contributed by atoms with van der Waals surface area (Å²) in [5.74, 6) is -0.531. The number of halogens is 2. The van der Waals surface area contributed by atoms with Gasteiger partial charge in [-0.2, -0.15) is 4.73 Å². The largest absolute Gasteiger partial charge is 0.619 e. The Morgan fingerprint density at radius 1 is 1.32 bits per heavy atom. The van der Waals surface area contributed by atoms with Crippen LogP contribution in [0.4, 0.5) is 21.5 Å². The predicted octanol–water partition coefficient (Wildman–Crippen LogP) is 2.76. The van der Waals surface area contributed by atoms with Crippen LogP contribution in [0.2, 0.25) is 5.02 Å². The molecule has 6 nitrogen and oxygen atoms in total. The van der Waals surface area contributed by atoms with Crippen LogP contribution in [0.5, 0.6) is 0 Å². The van der Waals surface area contributed by atoms with Crippen molar-refractivity contribution >= 4 is 28.7 Å². The molecule has 0 saturated heterocycles. The second kappa shape index (κ2) is 5.07. The van der Waals surface area contributed by atoms with Crippen LogP contribution >= 0.6 is 11.6 Å². The van der Waals surface area contributed by atoms with Gasteiger partial charge in [-0.3, -0.25) is 10.1 Å². The molecular weight excluding hydrogens is 277 g/mol. The third kappa shape index (κ3) is 2.89. The molecule has 19 heavy (non-hydrogen) atoms. The highest BCUT2D eigenvalue weighted by Crippen LogP contribution is 2.30. The van der Waals surface area contributed by atoms with Crippen molar-refractivity contribution < 1.29 is 14.0 Å². The zero-order valence-electron chi connectivity index (χ0n) is 9.34. The van der Waals surface area contributed by atoms with E-state index in [0.29, 0.717) is 4.73 Å². The van der Waals surface area contributed by atoms with Crippen molar-refractivity contribution in [2.45, 2.75) is 0 Å². The van der Waals surface area contributed by atoms with E-state index in [1.807, 2.05) is 0 Å². The first-order valence-electron chi connectivity index (χ1n) is 5.06. The number of nitrogens with one attached hydrogen (secondary N) is 1. The molecule has 0 aliphatic carbocycles. The number of benzene rings is 1. The average Bonchev–Trinajstić information content (AvgIpc) is 2.32. The van der Waals surface area contributed by atoms with Crippen molar-refractivity contribution in [1.29, 1.82) is 0 Å². The Bertz CT molecular complexity index is 651. The molecule has 1 N–H and O–H groups in total. The Kier molecular flexibility index (Phi) is 3.48. The van der Waals surface area contributed by atoms with Crippen molar-refractivity contribution in [3.8, 4) is 0 Å². The molecule has 0 spiro atoms. The van der Waals surface area contributed by atoms with E-state index in [4.69, 9.17) is 11.6 Å². The standard InChI is InChI=1S/C11H7ClFN3O3/c12-8-5-7(13)1-2-9(8)14-10-6-15(17)4-3-11(10)16(18)19/h1-6,14H. The van der Waals surface area contributed by atoms with Crippen molar-refractivity contribution in [2.75, 3.05) is 5.32 Å². The van der Waals surface area contributed by atoms with Crippen LogP contribution in [0.1, 0.15) is 0 Å². The van der Waals surface area contributed by atoms with Gasteiger partial charge in [0.25, 0.3) is 0 Å². The summed E-state index contributed by atoms with van der Waals surface area (Å²) in [6.07, 6.45) is 2.01. The molecule has 8 heteroatoms. The SMILES string of the molecule is O=[N+]([O-])c1cc[n+]([O-])cc1Nc1ccc(F)cc1Cl. The lowest BCUT2D eigenvalue weighted by Crippen LogP contribution is -2.25. The first-order chi connectivity index (χ1) is 8.97. The van der Waals surface area contributed by atoms with E-state index < -0.39 is 10.7 Å². The highest BCUT2D eigenvalue weighted by Gasteiger charge is 2.18. The summed E-state index contributed by atoms with van der Waals surface area (Å²) in [5, 5.41) is 24.7. The molecule has 0 saturated carbocycles. The number of pyridine rings is 1. The maximum atomic E-state index is 12.9. The van der Waals surface area contributed by atoms with Crippen LogP contribution in [-0.2, 0) is 0 Å². The number of aromatic nitrogens is 1. The molecule has 0 fully saturated rings. The number of hydrogen-bond donors (Lipinski definition) is 1. The molecule has 0 amide bonds. The van der Waals surface area contributed by atoms with Gasteiger partial charge in [0.05, 0.1) is 21.7 Å². The summed E-state index contributed by atoms with van der Waals surface area (Å²) < 4.78 is 13.3. The Balaban J connectivity index is 2.42. The van der Waals surface area contributed by atoms with E-state index in [0.717, 1.165) is 30.6 Å². The van der Waals surface area contributed by atoms with Crippen LogP contribution in [0.15, 0.2) is 36.7 Å². The monoisotopic (exact) mass is 283 g/mol. The zero-order chi connectivity index (χ0) is 14.0. The molecular formula is C11H7ClFN3O3. The van der Waals surface area contributed by atoms with Gasteiger partial charge in [-0.25, -0.2) is 4.39 Å². The van der Waals surface area contributed by atoms with E-state index in [1.54, 1.807) is 0 Å². The van der Waals surface area contributed by atoms with Gasteiger partial charge < -0.3 is 10.5 Å². The van der Waals surface area contributed by atoms with Crippen LogP contribution in [0.25, 0.3) is 0 Å². The molecule has 1 aromatic heterocycles. The summed E-state index contributed by atoms with van der Waals surface area (Å²) in [6.45, 7) is 0. The van der Waals surface area contributed by atoms with Gasteiger partial charge >= 0.3 is 5.69 Å². The van der Waals surface area contributed by atoms with Gasteiger partial charge in [0.2, 0.25) is 6.20 Å². The van der Waals surface area contributed by atoms with Gasteiger partial charge in [-0.05, 0) is 18.2 Å². The number of nitrogens with zero attached hydrogens (tertiary/aromatic N) is 2. The van der Waals surface area contributed by atoms with Crippen LogP contribution in [0, 0.1) is 21.1 Å². The van der Waals surface area contributed by atoms with E-state index in [-0.39, 0.29) is 22.1 Å². The minimum absolute atomic E-state index is 0.0315. The van der Waals surface area contributed by atoms with E-state index in [2.05, 4.69) is 5.32 Å². The molecule has 0 unspecified atom stereocenters. The minimum Gasteiger partial charge on any atom is -0.619 e. The number of anilines is 2. The van der Waals surface area contributed by atoms with Crippen molar-refractivity contribution in [2.24, 2.45) is 0 Å². The third-order valence-corrected chi connectivity index (χ3v) is 2.62. The Morgan fingerprint density at radius 3 is 2.68 bits per heavy atom. The van der Waals surface area contributed by atoms with E-state index in [9.17, 15) is 19.7 Å². The second-order valence-corrected chi connectivity index (χ2v) is 4.02. The summed E-state index contributed by atoms with van der Waals surface area (Å²) in [6, 6.07) is 4.59. The fourth-order valence-corrected chi connectivity index (χ4v) is 1.68. The molecule has 2 rings (SSSR count). The third-order valence-electron chi connectivity index (χ3n) is 2.31. The quantitative estimate of drug-likeness (QED) is 0.406. The lowest BCUT2D eigenvalue weighted by atomic mass is 10.3. The first-order valence-corrected chi connectivity index (χ1v) is 5.44. The molecule has 0 bridgehead atoms. The molecule has 98 valence electrons. The normalized spacial score (nSPS) is 10.2. The van der Waals surface area contributed by atoms with Crippen molar-refractivity contribution in [3.05, 3.63) is 62.8 Å². The molecule has 1 aromatic carbocycles. The lowest BCUT2D eigenvalue weighted by molar-refractivity contribution is -0.605. The summed E-state index contributed by atoms with van der Waals surface area (Å²) in [7, 11) is 0. The van der Waals surface area contributed by atoms with Gasteiger partial charge in [0.1, 0.15) is 5.82 Å². The minimum atomic E-state index is -0.639. The molecule has 0 atom stereocenters. The zero-order valence-corrected chi connectivity index (χ0v) is 10.1. The highest BCUT2D eigenvalue weighted by molar-refractivity contribution is 6.33. The molecule has 2 aromatic rings. The average molecular weight is 284 g/mol. The fraction of sp³-hybridized carbons (Fsp3) is 0.